The van der Waals surface area contributed by atoms with Crippen LogP contribution in [0.2, 0.25) is 19.6 Å². The number of nitriles is 1. The van der Waals surface area contributed by atoms with Gasteiger partial charge in [-0.25, -0.2) is 9.07 Å². The molecule has 0 atom stereocenters. The average Bonchev–Trinajstić information content (AvgIpc) is 2.76. The zero-order valence-corrected chi connectivity index (χ0v) is 13.5. The normalized spacial score (nSPS) is 10.7. The SMILES string of the molecule is Cc1cn(-c2cc(F)cc(C#N)c2)nc1C#C[Si](C)(C)C. The van der Waals surface area contributed by atoms with Crippen molar-refractivity contribution >= 4 is 8.07 Å². The van der Waals surface area contributed by atoms with Gasteiger partial charge in [0.15, 0.2) is 0 Å². The molecule has 0 radical (unpaired) electrons. The van der Waals surface area contributed by atoms with Gasteiger partial charge in [-0.15, -0.1) is 5.54 Å². The summed E-state index contributed by atoms with van der Waals surface area (Å²) < 4.78 is 15.1. The Balaban J connectivity index is 2.46. The molecule has 21 heavy (non-hydrogen) atoms. The van der Waals surface area contributed by atoms with Crippen molar-refractivity contribution in [1.82, 2.24) is 9.78 Å². The lowest BCUT2D eigenvalue weighted by atomic mass is 10.2. The van der Waals surface area contributed by atoms with E-state index in [-0.39, 0.29) is 5.56 Å². The van der Waals surface area contributed by atoms with Crippen LogP contribution in [0.4, 0.5) is 4.39 Å². The minimum atomic E-state index is -1.47. The zero-order valence-electron chi connectivity index (χ0n) is 12.5. The van der Waals surface area contributed by atoms with E-state index >= 15 is 0 Å². The lowest BCUT2D eigenvalue weighted by Crippen LogP contribution is -2.16. The fourth-order valence-corrected chi connectivity index (χ4v) is 2.23. The van der Waals surface area contributed by atoms with E-state index in [4.69, 9.17) is 5.26 Å². The van der Waals surface area contributed by atoms with E-state index in [0.717, 1.165) is 5.56 Å². The van der Waals surface area contributed by atoms with Gasteiger partial charge < -0.3 is 0 Å². The van der Waals surface area contributed by atoms with Crippen molar-refractivity contribution in [3.63, 3.8) is 0 Å². The third-order valence-corrected chi connectivity index (χ3v) is 3.60. The van der Waals surface area contributed by atoms with Gasteiger partial charge in [-0.1, -0.05) is 25.6 Å². The number of aromatic nitrogens is 2. The number of aryl methyl sites for hydroxylation is 1. The summed E-state index contributed by atoms with van der Waals surface area (Å²) in [5, 5.41) is 13.3. The Morgan fingerprint density at radius 2 is 1.95 bits per heavy atom. The number of hydrogen-bond donors (Lipinski definition) is 0. The molecule has 5 heteroatoms. The molecule has 3 nitrogen and oxygen atoms in total. The summed E-state index contributed by atoms with van der Waals surface area (Å²) in [7, 11) is -1.47. The summed E-state index contributed by atoms with van der Waals surface area (Å²) in [6.07, 6.45) is 1.80. The Labute approximate surface area is 125 Å². The average molecular weight is 297 g/mol. The lowest BCUT2D eigenvalue weighted by Gasteiger charge is -2.03. The van der Waals surface area contributed by atoms with Crippen molar-refractivity contribution < 1.29 is 4.39 Å². The fraction of sp³-hybridized carbons (Fsp3) is 0.250. The van der Waals surface area contributed by atoms with Crippen molar-refractivity contribution in [2.45, 2.75) is 26.6 Å². The van der Waals surface area contributed by atoms with Crippen LogP contribution in [0.5, 0.6) is 0 Å². The van der Waals surface area contributed by atoms with E-state index in [1.54, 1.807) is 16.9 Å². The second-order valence-electron chi connectivity index (χ2n) is 5.92. The maximum absolute atomic E-state index is 13.5. The van der Waals surface area contributed by atoms with Crippen molar-refractivity contribution in [2.24, 2.45) is 0 Å². The van der Waals surface area contributed by atoms with E-state index in [1.807, 2.05) is 13.0 Å². The molecule has 0 aliphatic heterocycles. The van der Waals surface area contributed by atoms with E-state index in [0.29, 0.717) is 11.4 Å². The predicted molar refractivity (Wildman–Crippen MR) is 83.2 cm³/mol. The highest BCUT2D eigenvalue weighted by Gasteiger charge is 2.10. The van der Waals surface area contributed by atoms with Crippen LogP contribution >= 0.6 is 0 Å². The summed E-state index contributed by atoms with van der Waals surface area (Å²) in [6.45, 7) is 8.41. The first-order valence-corrected chi connectivity index (χ1v) is 10.1. The number of nitrogens with zero attached hydrogens (tertiary/aromatic N) is 3. The summed E-state index contributed by atoms with van der Waals surface area (Å²) >= 11 is 0. The first-order valence-electron chi connectivity index (χ1n) is 6.59. The fourth-order valence-electron chi connectivity index (χ4n) is 1.73. The highest BCUT2D eigenvalue weighted by atomic mass is 28.3. The van der Waals surface area contributed by atoms with E-state index in [1.165, 1.54) is 12.1 Å². The molecule has 0 unspecified atom stereocenters. The molecule has 1 aromatic heterocycles. The summed E-state index contributed by atoms with van der Waals surface area (Å²) in [4.78, 5) is 0. The predicted octanol–water partition coefficient (Wildman–Crippen LogP) is 3.42. The van der Waals surface area contributed by atoms with Crippen LogP contribution in [0.1, 0.15) is 16.8 Å². The molecule has 0 saturated heterocycles. The van der Waals surface area contributed by atoms with Crippen molar-refractivity contribution in [3.8, 4) is 23.2 Å². The lowest BCUT2D eigenvalue weighted by molar-refractivity contribution is 0.625. The first-order chi connectivity index (χ1) is 9.78. The molecule has 0 aliphatic carbocycles. The van der Waals surface area contributed by atoms with Gasteiger partial charge in [-0.05, 0) is 25.1 Å². The molecular weight excluding hydrogens is 281 g/mol. The molecule has 0 aliphatic rings. The molecule has 0 saturated carbocycles. The smallest absolute Gasteiger partial charge is 0.138 e. The Bertz CT molecular complexity index is 783. The highest BCUT2D eigenvalue weighted by molar-refractivity contribution is 6.83. The van der Waals surface area contributed by atoms with Crippen molar-refractivity contribution in [3.05, 3.63) is 47.0 Å². The minimum Gasteiger partial charge on any atom is -0.239 e. The van der Waals surface area contributed by atoms with Gasteiger partial charge in [-0.3, -0.25) is 0 Å². The highest BCUT2D eigenvalue weighted by Crippen LogP contribution is 2.15. The Kier molecular flexibility index (Phi) is 3.97. The topological polar surface area (TPSA) is 41.6 Å². The van der Waals surface area contributed by atoms with Crippen LogP contribution in [0.3, 0.4) is 0 Å². The minimum absolute atomic E-state index is 0.271. The monoisotopic (exact) mass is 297 g/mol. The molecule has 0 amide bonds. The van der Waals surface area contributed by atoms with Gasteiger partial charge in [-0.2, -0.15) is 10.4 Å². The largest absolute Gasteiger partial charge is 0.239 e. The van der Waals surface area contributed by atoms with Crippen LogP contribution in [0.15, 0.2) is 24.4 Å². The number of hydrogen-bond acceptors (Lipinski definition) is 2. The van der Waals surface area contributed by atoms with Gasteiger partial charge in [0, 0.05) is 11.8 Å². The molecular formula is C16H16FN3Si. The van der Waals surface area contributed by atoms with Crippen LogP contribution in [-0.4, -0.2) is 17.9 Å². The second-order valence-corrected chi connectivity index (χ2v) is 10.7. The van der Waals surface area contributed by atoms with Gasteiger partial charge in [0.25, 0.3) is 0 Å². The molecule has 0 spiro atoms. The molecule has 106 valence electrons. The zero-order chi connectivity index (χ0) is 15.6. The molecule has 0 N–H and O–H groups in total. The summed E-state index contributed by atoms with van der Waals surface area (Å²) in [5.41, 5.74) is 5.69. The van der Waals surface area contributed by atoms with E-state index in [2.05, 4.69) is 36.2 Å². The number of halogens is 1. The molecule has 1 aromatic carbocycles. The van der Waals surface area contributed by atoms with E-state index in [9.17, 15) is 4.39 Å². The summed E-state index contributed by atoms with van der Waals surface area (Å²) in [6, 6.07) is 6.09. The van der Waals surface area contributed by atoms with Crippen LogP contribution in [0.25, 0.3) is 5.69 Å². The Morgan fingerprint density at radius 3 is 2.57 bits per heavy atom. The Morgan fingerprint density at radius 1 is 1.24 bits per heavy atom. The molecule has 1 heterocycles. The summed E-state index contributed by atoms with van der Waals surface area (Å²) in [5.74, 6) is 2.66. The molecule has 0 fully saturated rings. The van der Waals surface area contributed by atoms with Crippen molar-refractivity contribution in [2.75, 3.05) is 0 Å². The Hall–Kier alpha value is -2.37. The quantitative estimate of drug-likeness (QED) is 0.598. The molecule has 2 aromatic rings. The third-order valence-electron chi connectivity index (χ3n) is 2.73. The van der Waals surface area contributed by atoms with Crippen LogP contribution in [0, 0.1) is 35.5 Å². The maximum Gasteiger partial charge on any atom is 0.138 e. The van der Waals surface area contributed by atoms with Gasteiger partial charge in [0.1, 0.15) is 19.6 Å². The molecule has 0 bridgehead atoms. The van der Waals surface area contributed by atoms with Gasteiger partial charge in [0.05, 0.1) is 17.3 Å². The number of benzene rings is 1. The standard InChI is InChI=1S/C16H16FN3Si/c1-12-11-20(19-16(12)5-6-21(2,3)4)15-8-13(10-18)7-14(17)9-15/h7-9,11H,1-4H3. The third kappa shape index (κ3) is 3.81. The first kappa shape index (κ1) is 15.0. The van der Waals surface area contributed by atoms with Crippen molar-refractivity contribution in [1.29, 1.82) is 5.26 Å². The maximum atomic E-state index is 13.5. The number of rotatable bonds is 1. The van der Waals surface area contributed by atoms with Gasteiger partial charge in [0.2, 0.25) is 0 Å². The van der Waals surface area contributed by atoms with Gasteiger partial charge >= 0.3 is 0 Å². The second kappa shape index (κ2) is 5.55. The van der Waals surface area contributed by atoms with Crippen LogP contribution < -0.4 is 0 Å². The molecule has 2 rings (SSSR count). The van der Waals surface area contributed by atoms with Crippen LogP contribution in [-0.2, 0) is 0 Å². The van der Waals surface area contributed by atoms with E-state index < -0.39 is 13.9 Å².